The Bertz CT molecular complexity index is 531. The van der Waals surface area contributed by atoms with Gasteiger partial charge in [-0.15, -0.1) is 0 Å². The largest absolute Gasteiger partial charge is 0.483 e. The standard InChI is InChI=1S/C18H26N2O3/c1-13-6-5-7-14(2)18(13)23-12-17(22)20-19-16(21)11-10-15-8-3-4-9-15/h5-7,15H,3-4,8-12H2,1-2H3,(H,19,21)(H,20,22). The first-order valence-electron chi connectivity index (χ1n) is 8.33. The Morgan fingerprint density at radius 2 is 1.70 bits per heavy atom. The monoisotopic (exact) mass is 318 g/mol. The molecule has 23 heavy (non-hydrogen) atoms. The van der Waals surface area contributed by atoms with E-state index in [0.29, 0.717) is 12.3 Å². The molecule has 1 saturated carbocycles. The Morgan fingerprint density at radius 3 is 2.35 bits per heavy atom. The molecule has 0 spiro atoms. The maximum atomic E-state index is 11.8. The second kappa shape index (κ2) is 8.56. The number of hydrogen-bond donors (Lipinski definition) is 2. The van der Waals surface area contributed by atoms with E-state index in [0.717, 1.165) is 23.3 Å². The van der Waals surface area contributed by atoms with E-state index in [4.69, 9.17) is 4.74 Å². The van der Waals surface area contributed by atoms with Crippen LogP contribution in [0.4, 0.5) is 0 Å². The minimum absolute atomic E-state index is 0.116. The van der Waals surface area contributed by atoms with Gasteiger partial charge in [0.15, 0.2) is 6.61 Å². The van der Waals surface area contributed by atoms with Crippen molar-refractivity contribution in [1.82, 2.24) is 10.9 Å². The minimum Gasteiger partial charge on any atom is -0.483 e. The first-order chi connectivity index (χ1) is 11.1. The number of carbonyl (C=O) groups excluding carboxylic acids is 2. The fourth-order valence-corrected chi connectivity index (χ4v) is 3.04. The molecule has 0 aliphatic heterocycles. The molecule has 5 heteroatoms. The normalized spacial score (nSPS) is 14.5. The van der Waals surface area contributed by atoms with Crippen LogP contribution in [0.5, 0.6) is 5.75 Å². The van der Waals surface area contributed by atoms with E-state index in [1.807, 2.05) is 32.0 Å². The van der Waals surface area contributed by atoms with E-state index < -0.39 is 0 Å². The van der Waals surface area contributed by atoms with Crippen molar-refractivity contribution in [3.8, 4) is 5.75 Å². The zero-order valence-corrected chi connectivity index (χ0v) is 14.0. The van der Waals surface area contributed by atoms with Crippen LogP contribution >= 0.6 is 0 Å². The Balaban J connectivity index is 1.65. The van der Waals surface area contributed by atoms with Gasteiger partial charge in [-0.05, 0) is 37.3 Å². The number of hydrazine groups is 1. The Hall–Kier alpha value is -2.04. The molecule has 0 atom stereocenters. The van der Waals surface area contributed by atoms with Crippen LogP contribution < -0.4 is 15.6 Å². The zero-order chi connectivity index (χ0) is 16.7. The van der Waals surface area contributed by atoms with E-state index in [1.165, 1.54) is 25.7 Å². The van der Waals surface area contributed by atoms with E-state index in [2.05, 4.69) is 10.9 Å². The molecule has 2 N–H and O–H groups in total. The van der Waals surface area contributed by atoms with Crippen LogP contribution in [-0.4, -0.2) is 18.4 Å². The summed E-state index contributed by atoms with van der Waals surface area (Å²) in [5.41, 5.74) is 6.83. The van der Waals surface area contributed by atoms with Crippen molar-refractivity contribution in [1.29, 1.82) is 0 Å². The Morgan fingerprint density at radius 1 is 1.09 bits per heavy atom. The van der Waals surface area contributed by atoms with Gasteiger partial charge in [-0.25, -0.2) is 0 Å². The highest BCUT2D eigenvalue weighted by atomic mass is 16.5. The summed E-state index contributed by atoms with van der Waals surface area (Å²) in [6.07, 6.45) is 6.37. The molecule has 0 saturated heterocycles. The lowest BCUT2D eigenvalue weighted by Crippen LogP contribution is -2.43. The van der Waals surface area contributed by atoms with Gasteiger partial charge in [0.2, 0.25) is 5.91 Å². The zero-order valence-electron chi connectivity index (χ0n) is 14.0. The lowest BCUT2D eigenvalue weighted by atomic mass is 10.0. The van der Waals surface area contributed by atoms with Gasteiger partial charge >= 0.3 is 0 Å². The van der Waals surface area contributed by atoms with Crippen LogP contribution in [0.2, 0.25) is 0 Å². The number of ether oxygens (including phenoxy) is 1. The number of nitrogens with one attached hydrogen (secondary N) is 2. The van der Waals surface area contributed by atoms with Crippen LogP contribution in [0, 0.1) is 19.8 Å². The lowest BCUT2D eigenvalue weighted by molar-refractivity contribution is -0.130. The second-order valence-electron chi connectivity index (χ2n) is 6.30. The molecule has 0 bridgehead atoms. The molecule has 0 aromatic heterocycles. The van der Waals surface area contributed by atoms with Crippen molar-refractivity contribution < 1.29 is 14.3 Å². The summed E-state index contributed by atoms with van der Waals surface area (Å²) in [4.78, 5) is 23.5. The number of carbonyl (C=O) groups is 2. The van der Waals surface area contributed by atoms with Gasteiger partial charge in [-0.2, -0.15) is 0 Å². The second-order valence-corrected chi connectivity index (χ2v) is 6.30. The highest BCUT2D eigenvalue weighted by Crippen LogP contribution is 2.28. The molecule has 0 unspecified atom stereocenters. The average Bonchev–Trinajstić information content (AvgIpc) is 3.04. The number of amides is 2. The van der Waals surface area contributed by atoms with Crippen molar-refractivity contribution in [2.75, 3.05) is 6.61 Å². The maximum absolute atomic E-state index is 11.8. The third-order valence-corrected chi connectivity index (χ3v) is 4.35. The lowest BCUT2D eigenvalue weighted by Gasteiger charge is -2.13. The fourth-order valence-electron chi connectivity index (χ4n) is 3.04. The summed E-state index contributed by atoms with van der Waals surface area (Å²) in [7, 11) is 0. The quantitative estimate of drug-likeness (QED) is 0.793. The smallest absolute Gasteiger partial charge is 0.276 e. The van der Waals surface area contributed by atoms with Gasteiger partial charge in [-0.3, -0.25) is 20.4 Å². The van der Waals surface area contributed by atoms with Crippen LogP contribution in [0.3, 0.4) is 0 Å². The van der Waals surface area contributed by atoms with Crippen LogP contribution in [0.25, 0.3) is 0 Å². The SMILES string of the molecule is Cc1cccc(C)c1OCC(=O)NNC(=O)CCC1CCCC1. The van der Waals surface area contributed by atoms with E-state index in [-0.39, 0.29) is 18.4 Å². The molecule has 1 aliphatic rings. The number of benzene rings is 1. The van der Waals surface area contributed by atoms with Gasteiger partial charge in [0.25, 0.3) is 5.91 Å². The average molecular weight is 318 g/mol. The van der Waals surface area contributed by atoms with Gasteiger partial charge in [0.05, 0.1) is 0 Å². The van der Waals surface area contributed by atoms with Crippen molar-refractivity contribution >= 4 is 11.8 Å². The Kier molecular flexibility index (Phi) is 6.44. The molecule has 1 fully saturated rings. The third kappa shape index (κ3) is 5.58. The molecule has 5 nitrogen and oxygen atoms in total. The molecule has 1 aromatic rings. The molecule has 126 valence electrons. The first kappa shape index (κ1) is 17.3. The summed E-state index contributed by atoms with van der Waals surface area (Å²) < 4.78 is 5.54. The van der Waals surface area contributed by atoms with E-state index in [9.17, 15) is 9.59 Å². The highest BCUT2D eigenvalue weighted by Gasteiger charge is 2.16. The summed E-state index contributed by atoms with van der Waals surface area (Å²) in [6.45, 7) is 3.75. The first-order valence-corrected chi connectivity index (χ1v) is 8.33. The maximum Gasteiger partial charge on any atom is 0.276 e. The van der Waals surface area contributed by atoms with Crippen LogP contribution in [0.15, 0.2) is 18.2 Å². The molecule has 1 aromatic carbocycles. The summed E-state index contributed by atoms with van der Waals surface area (Å²) in [5.74, 6) is 0.887. The number of para-hydroxylation sites is 1. The Labute approximate surface area is 137 Å². The number of hydrogen-bond acceptors (Lipinski definition) is 3. The topological polar surface area (TPSA) is 67.4 Å². The minimum atomic E-state index is -0.359. The number of aryl methyl sites for hydroxylation is 2. The fraction of sp³-hybridized carbons (Fsp3) is 0.556. The van der Waals surface area contributed by atoms with Gasteiger partial charge < -0.3 is 4.74 Å². The predicted octanol–water partition coefficient (Wildman–Crippen LogP) is 2.80. The van der Waals surface area contributed by atoms with Crippen molar-refractivity contribution in [3.05, 3.63) is 29.3 Å². The number of rotatable bonds is 6. The summed E-state index contributed by atoms with van der Waals surface area (Å²) in [6, 6.07) is 5.82. The molecule has 0 radical (unpaired) electrons. The molecular formula is C18H26N2O3. The third-order valence-electron chi connectivity index (χ3n) is 4.35. The van der Waals surface area contributed by atoms with Crippen LogP contribution in [0.1, 0.15) is 49.7 Å². The van der Waals surface area contributed by atoms with E-state index in [1.54, 1.807) is 0 Å². The summed E-state index contributed by atoms with van der Waals surface area (Å²) >= 11 is 0. The van der Waals surface area contributed by atoms with Crippen molar-refractivity contribution in [2.24, 2.45) is 5.92 Å². The molecule has 2 rings (SSSR count). The van der Waals surface area contributed by atoms with Gasteiger partial charge in [0.1, 0.15) is 5.75 Å². The predicted molar refractivity (Wildman–Crippen MR) is 88.9 cm³/mol. The molecule has 2 amide bonds. The van der Waals surface area contributed by atoms with Crippen molar-refractivity contribution in [3.63, 3.8) is 0 Å². The van der Waals surface area contributed by atoms with Gasteiger partial charge in [0, 0.05) is 6.42 Å². The summed E-state index contributed by atoms with van der Waals surface area (Å²) in [5, 5.41) is 0. The van der Waals surface area contributed by atoms with Gasteiger partial charge in [-0.1, -0.05) is 43.9 Å². The van der Waals surface area contributed by atoms with Crippen molar-refractivity contribution in [2.45, 2.75) is 52.4 Å². The molecular weight excluding hydrogens is 292 g/mol. The van der Waals surface area contributed by atoms with E-state index >= 15 is 0 Å². The molecule has 0 heterocycles. The van der Waals surface area contributed by atoms with Crippen LogP contribution in [-0.2, 0) is 9.59 Å². The molecule has 1 aliphatic carbocycles. The highest BCUT2D eigenvalue weighted by molar-refractivity contribution is 5.82.